The van der Waals surface area contributed by atoms with E-state index in [1.54, 1.807) is 4.68 Å². The van der Waals surface area contributed by atoms with E-state index in [1.807, 2.05) is 0 Å². The molecule has 0 aliphatic rings. The molecular formula is C13H24N2O. The van der Waals surface area contributed by atoms with Gasteiger partial charge < -0.3 is 5.11 Å². The highest BCUT2D eigenvalue weighted by molar-refractivity contribution is 5.31. The summed E-state index contributed by atoms with van der Waals surface area (Å²) >= 11 is 0. The maximum atomic E-state index is 10.1. The molecule has 16 heavy (non-hydrogen) atoms. The van der Waals surface area contributed by atoms with Gasteiger partial charge >= 0.3 is 0 Å². The molecule has 92 valence electrons. The van der Waals surface area contributed by atoms with E-state index in [0.717, 1.165) is 36.9 Å². The Morgan fingerprint density at radius 3 is 2.31 bits per heavy atom. The molecular weight excluding hydrogens is 200 g/mol. The number of hydrogen-bond acceptors (Lipinski definition) is 2. The van der Waals surface area contributed by atoms with Gasteiger partial charge in [0, 0.05) is 5.56 Å². The van der Waals surface area contributed by atoms with Gasteiger partial charge in [0.25, 0.3) is 0 Å². The Morgan fingerprint density at radius 1 is 1.25 bits per heavy atom. The summed E-state index contributed by atoms with van der Waals surface area (Å²) in [5, 5.41) is 14.7. The third-order valence-electron chi connectivity index (χ3n) is 2.80. The van der Waals surface area contributed by atoms with Crippen molar-refractivity contribution in [1.82, 2.24) is 9.78 Å². The van der Waals surface area contributed by atoms with E-state index in [9.17, 15) is 5.11 Å². The minimum atomic E-state index is -0.154. The van der Waals surface area contributed by atoms with E-state index in [2.05, 4.69) is 39.7 Å². The van der Waals surface area contributed by atoms with Crippen LogP contribution in [0.2, 0.25) is 0 Å². The predicted octanol–water partition coefficient (Wildman–Crippen LogP) is 3.25. The zero-order valence-corrected chi connectivity index (χ0v) is 11.2. The van der Waals surface area contributed by atoms with Crippen molar-refractivity contribution in [3.63, 3.8) is 0 Å². The summed E-state index contributed by atoms with van der Waals surface area (Å²) in [6.45, 7) is 10.4. The first-order valence-corrected chi connectivity index (χ1v) is 6.22. The van der Waals surface area contributed by atoms with Crippen LogP contribution in [0.1, 0.15) is 58.7 Å². The Kier molecular flexibility index (Phi) is 4.00. The molecule has 0 unspecified atom stereocenters. The Hall–Kier alpha value is -0.990. The zero-order valence-electron chi connectivity index (χ0n) is 11.2. The minimum absolute atomic E-state index is 0.154. The number of hydrogen-bond donors (Lipinski definition) is 1. The van der Waals surface area contributed by atoms with Gasteiger partial charge in [-0.15, -0.1) is 0 Å². The van der Waals surface area contributed by atoms with Crippen LogP contribution in [0.4, 0.5) is 0 Å². The van der Waals surface area contributed by atoms with Crippen LogP contribution in [0, 0.1) is 0 Å². The fourth-order valence-corrected chi connectivity index (χ4v) is 1.86. The summed E-state index contributed by atoms with van der Waals surface area (Å²) in [4.78, 5) is 0. The molecule has 0 amide bonds. The van der Waals surface area contributed by atoms with E-state index in [1.165, 1.54) is 0 Å². The van der Waals surface area contributed by atoms with Crippen LogP contribution >= 0.6 is 0 Å². The van der Waals surface area contributed by atoms with E-state index in [-0.39, 0.29) is 5.54 Å². The average molecular weight is 224 g/mol. The number of rotatable bonds is 4. The van der Waals surface area contributed by atoms with Crippen LogP contribution in [-0.2, 0) is 18.4 Å². The Balaban J connectivity index is 3.10. The summed E-state index contributed by atoms with van der Waals surface area (Å²) in [5.41, 5.74) is 1.93. The third-order valence-corrected chi connectivity index (χ3v) is 2.80. The molecule has 3 heteroatoms. The summed E-state index contributed by atoms with van der Waals surface area (Å²) in [6, 6.07) is 0. The quantitative estimate of drug-likeness (QED) is 0.852. The summed E-state index contributed by atoms with van der Waals surface area (Å²) in [7, 11) is 0. The number of aromatic hydroxyl groups is 1. The van der Waals surface area contributed by atoms with Crippen LogP contribution in [0.15, 0.2) is 0 Å². The zero-order chi connectivity index (χ0) is 12.3. The molecule has 1 aromatic rings. The van der Waals surface area contributed by atoms with Crippen LogP contribution in [0.25, 0.3) is 0 Å². The molecule has 0 aliphatic carbocycles. The second-order valence-corrected chi connectivity index (χ2v) is 5.29. The SMILES string of the molecule is CCCCc1nn(C(C)(C)C)c(O)c1CC. The van der Waals surface area contributed by atoms with Crippen LogP contribution < -0.4 is 0 Å². The second kappa shape index (κ2) is 4.89. The van der Waals surface area contributed by atoms with Crippen LogP contribution in [-0.4, -0.2) is 14.9 Å². The smallest absolute Gasteiger partial charge is 0.213 e. The lowest BCUT2D eigenvalue weighted by Crippen LogP contribution is -2.22. The van der Waals surface area contributed by atoms with Crippen molar-refractivity contribution in [1.29, 1.82) is 0 Å². The van der Waals surface area contributed by atoms with Crippen LogP contribution in [0.3, 0.4) is 0 Å². The van der Waals surface area contributed by atoms with E-state index < -0.39 is 0 Å². The number of aromatic nitrogens is 2. The van der Waals surface area contributed by atoms with Crippen molar-refractivity contribution in [3.05, 3.63) is 11.3 Å². The molecule has 0 aliphatic heterocycles. The van der Waals surface area contributed by atoms with Crippen molar-refractivity contribution in [3.8, 4) is 5.88 Å². The molecule has 0 bridgehead atoms. The summed E-state index contributed by atoms with van der Waals surface area (Å²) in [5.74, 6) is 0.348. The van der Waals surface area contributed by atoms with Crippen molar-refractivity contribution >= 4 is 0 Å². The van der Waals surface area contributed by atoms with Gasteiger partial charge in [-0.2, -0.15) is 5.10 Å². The van der Waals surface area contributed by atoms with Gasteiger partial charge in [-0.1, -0.05) is 20.3 Å². The molecule has 0 spiro atoms. The molecule has 1 aromatic heterocycles. The maximum Gasteiger partial charge on any atom is 0.213 e. The van der Waals surface area contributed by atoms with Crippen molar-refractivity contribution in [2.75, 3.05) is 0 Å². The fourth-order valence-electron chi connectivity index (χ4n) is 1.86. The van der Waals surface area contributed by atoms with Gasteiger partial charge in [-0.25, -0.2) is 4.68 Å². The standard InChI is InChI=1S/C13H24N2O/c1-6-8-9-11-10(7-2)12(16)15(14-11)13(3,4)5/h16H,6-9H2,1-5H3. The third kappa shape index (κ3) is 2.57. The van der Waals surface area contributed by atoms with Gasteiger partial charge in [-0.05, 0) is 40.0 Å². The first-order chi connectivity index (χ1) is 7.41. The average Bonchev–Trinajstić information content (AvgIpc) is 2.51. The summed E-state index contributed by atoms with van der Waals surface area (Å²) in [6.07, 6.45) is 4.11. The molecule has 0 radical (unpaired) electrons. The normalized spacial score (nSPS) is 12.1. The van der Waals surface area contributed by atoms with E-state index in [0.29, 0.717) is 5.88 Å². The van der Waals surface area contributed by atoms with Gasteiger partial charge in [0.2, 0.25) is 5.88 Å². The van der Waals surface area contributed by atoms with Gasteiger partial charge in [0.15, 0.2) is 0 Å². The number of unbranched alkanes of at least 4 members (excludes halogenated alkanes) is 1. The fraction of sp³-hybridized carbons (Fsp3) is 0.769. The Morgan fingerprint density at radius 2 is 1.88 bits per heavy atom. The van der Waals surface area contributed by atoms with Crippen molar-refractivity contribution in [2.24, 2.45) is 0 Å². The molecule has 0 saturated carbocycles. The topological polar surface area (TPSA) is 38.0 Å². The number of nitrogens with zero attached hydrogens (tertiary/aromatic N) is 2. The van der Waals surface area contributed by atoms with Gasteiger partial charge in [-0.3, -0.25) is 0 Å². The van der Waals surface area contributed by atoms with E-state index >= 15 is 0 Å². The van der Waals surface area contributed by atoms with Gasteiger partial charge in [0.05, 0.1) is 11.2 Å². The van der Waals surface area contributed by atoms with Gasteiger partial charge in [0.1, 0.15) is 0 Å². The molecule has 0 atom stereocenters. The highest BCUT2D eigenvalue weighted by Crippen LogP contribution is 2.28. The lowest BCUT2D eigenvalue weighted by atomic mass is 10.1. The second-order valence-electron chi connectivity index (χ2n) is 5.29. The molecule has 0 saturated heterocycles. The Labute approximate surface area is 98.5 Å². The monoisotopic (exact) mass is 224 g/mol. The number of aryl methyl sites for hydroxylation is 1. The molecule has 1 heterocycles. The maximum absolute atomic E-state index is 10.1. The molecule has 0 fully saturated rings. The largest absolute Gasteiger partial charge is 0.493 e. The highest BCUT2D eigenvalue weighted by atomic mass is 16.3. The first-order valence-electron chi connectivity index (χ1n) is 6.22. The van der Waals surface area contributed by atoms with Crippen LogP contribution in [0.5, 0.6) is 5.88 Å². The molecule has 1 N–H and O–H groups in total. The highest BCUT2D eigenvalue weighted by Gasteiger charge is 2.23. The molecule has 1 rings (SSSR count). The molecule has 3 nitrogen and oxygen atoms in total. The lowest BCUT2D eigenvalue weighted by molar-refractivity contribution is 0.292. The summed E-state index contributed by atoms with van der Waals surface area (Å²) < 4.78 is 1.75. The van der Waals surface area contributed by atoms with Crippen molar-refractivity contribution in [2.45, 2.75) is 65.8 Å². The van der Waals surface area contributed by atoms with Crippen molar-refractivity contribution < 1.29 is 5.11 Å². The molecule has 0 aromatic carbocycles. The Bertz CT molecular complexity index is 348. The minimum Gasteiger partial charge on any atom is -0.493 e. The lowest BCUT2D eigenvalue weighted by Gasteiger charge is -2.20. The predicted molar refractivity (Wildman–Crippen MR) is 66.9 cm³/mol. The van der Waals surface area contributed by atoms with E-state index in [4.69, 9.17) is 0 Å². The first kappa shape index (κ1) is 13.1.